The van der Waals surface area contributed by atoms with Crippen molar-refractivity contribution >= 4 is 15.7 Å². The predicted octanol–water partition coefficient (Wildman–Crippen LogP) is 1.55. The fourth-order valence-electron chi connectivity index (χ4n) is 2.92. The van der Waals surface area contributed by atoms with E-state index in [1.54, 1.807) is 18.2 Å². The maximum atomic E-state index is 13.4. The highest BCUT2D eigenvalue weighted by Gasteiger charge is 2.21. The van der Waals surface area contributed by atoms with Gasteiger partial charge >= 0.3 is 0 Å². The van der Waals surface area contributed by atoms with Gasteiger partial charge in [-0.15, -0.1) is 0 Å². The number of carbonyl (C=O) groups is 1. The number of aromatic nitrogens is 2. The molecule has 0 aliphatic carbocycles. The normalized spacial score (nSPS) is 11.1. The Balaban J connectivity index is 1.79. The number of methoxy groups -OCH3 is 2. The summed E-state index contributed by atoms with van der Waals surface area (Å²) in [5.41, 5.74) is -0.0276. The van der Waals surface area contributed by atoms with E-state index in [0.29, 0.717) is 17.1 Å². The third-order valence-corrected chi connectivity index (χ3v) is 6.12. The van der Waals surface area contributed by atoms with E-state index < -0.39 is 38.7 Å². The van der Waals surface area contributed by atoms with Gasteiger partial charge in [0.25, 0.3) is 5.56 Å². The number of ether oxygens (including phenoxy) is 2. The molecule has 9 nitrogen and oxygen atoms in total. The summed E-state index contributed by atoms with van der Waals surface area (Å²) < 4.78 is 50.1. The summed E-state index contributed by atoms with van der Waals surface area (Å²) in [7, 11) is -1.22. The molecule has 3 rings (SSSR count). The molecule has 0 atom stereocenters. The van der Waals surface area contributed by atoms with Gasteiger partial charge in [-0.3, -0.25) is 9.59 Å². The fraction of sp³-hybridized carbons (Fsp3) is 0.190. The van der Waals surface area contributed by atoms with Crippen LogP contribution in [0.3, 0.4) is 0 Å². The molecular weight excluding hydrogens is 441 g/mol. The lowest BCUT2D eigenvalue weighted by Gasteiger charge is -2.13. The second kappa shape index (κ2) is 9.60. The van der Waals surface area contributed by atoms with E-state index in [4.69, 9.17) is 9.47 Å². The molecule has 0 fully saturated rings. The van der Waals surface area contributed by atoms with Crippen molar-refractivity contribution in [3.8, 4) is 11.5 Å². The zero-order valence-electron chi connectivity index (χ0n) is 17.2. The Bertz CT molecular complexity index is 1310. The van der Waals surface area contributed by atoms with Crippen molar-refractivity contribution in [2.24, 2.45) is 0 Å². The van der Waals surface area contributed by atoms with Crippen molar-refractivity contribution in [1.29, 1.82) is 0 Å². The summed E-state index contributed by atoms with van der Waals surface area (Å²) in [6.07, 6.45) is 0. The van der Waals surface area contributed by atoms with Crippen LogP contribution in [0, 0.1) is 5.82 Å². The molecular formula is C21H20FN3O6S. The highest BCUT2D eigenvalue weighted by Crippen LogP contribution is 2.30. The van der Waals surface area contributed by atoms with Crippen molar-refractivity contribution in [2.75, 3.05) is 14.2 Å². The third kappa shape index (κ3) is 4.94. The number of carbonyl (C=O) groups excluding carboxylic acids is 1. The number of amides is 1. The third-order valence-electron chi connectivity index (χ3n) is 4.48. The van der Waals surface area contributed by atoms with E-state index >= 15 is 0 Å². The largest absolute Gasteiger partial charge is 0.493 e. The molecule has 1 heterocycles. The molecule has 0 aliphatic heterocycles. The van der Waals surface area contributed by atoms with Gasteiger partial charge in [0, 0.05) is 18.2 Å². The van der Waals surface area contributed by atoms with Crippen LogP contribution in [-0.4, -0.2) is 38.3 Å². The molecule has 11 heteroatoms. The van der Waals surface area contributed by atoms with Gasteiger partial charge in [0.15, 0.2) is 16.5 Å². The quantitative estimate of drug-likeness (QED) is 0.541. The van der Waals surface area contributed by atoms with Gasteiger partial charge < -0.3 is 14.8 Å². The van der Waals surface area contributed by atoms with Gasteiger partial charge in [-0.1, -0.05) is 18.2 Å². The smallest absolute Gasteiger partial charge is 0.267 e. The Morgan fingerprint density at radius 1 is 1.09 bits per heavy atom. The average Bonchev–Trinajstić information content (AvgIpc) is 2.78. The lowest BCUT2D eigenvalue weighted by molar-refractivity contribution is -0.122. The van der Waals surface area contributed by atoms with E-state index in [9.17, 15) is 22.4 Å². The number of para-hydroxylation sites is 1. The summed E-state index contributed by atoms with van der Waals surface area (Å²) in [5, 5.41) is 5.94. The Morgan fingerprint density at radius 3 is 2.53 bits per heavy atom. The Morgan fingerprint density at radius 2 is 1.84 bits per heavy atom. The molecule has 1 amide bonds. The first kappa shape index (κ1) is 22.9. The second-order valence-electron chi connectivity index (χ2n) is 6.56. The van der Waals surface area contributed by atoms with Crippen LogP contribution in [0.15, 0.2) is 69.3 Å². The zero-order chi connectivity index (χ0) is 23.3. The molecule has 0 saturated heterocycles. The summed E-state index contributed by atoms with van der Waals surface area (Å²) in [6.45, 7) is -0.438. The van der Waals surface area contributed by atoms with E-state index in [1.807, 2.05) is 0 Å². The number of nitrogens with one attached hydrogen (secondary N) is 1. The molecule has 168 valence electrons. The molecule has 1 N–H and O–H groups in total. The van der Waals surface area contributed by atoms with Crippen LogP contribution < -0.4 is 20.3 Å². The van der Waals surface area contributed by atoms with Crippen molar-refractivity contribution < 1.29 is 27.1 Å². The highest BCUT2D eigenvalue weighted by atomic mass is 32.2. The van der Waals surface area contributed by atoms with Gasteiger partial charge in [-0.25, -0.2) is 17.5 Å². The highest BCUT2D eigenvalue weighted by molar-refractivity contribution is 7.91. The molecule has 0 spiro atoms. The van der Waals surface area contributed by atoms with E-state index in [1.165, 1.54) is 26.4 Å². The number of benzene rings is 2. The summed E-state index contributed by atoms with van der Waals surface area (Å²) >= 11 is 0. The first-order chi connectivity index (χ1) is 15.3. The van der Waals surface area contributed by atoms with Crippen LogP contribution in [0.1, 0.15) is 5.56 Å². The topological polar surface area (TPSA) is 117 Å². The fourth-order valence-corrected chi connectivity index (χ4v) is 4.14. The number of hydrogen-bond acceptors (Lipinski definition) is 7. The molecule has 1 aromatic heterocycles. The molecule has 0 aliphatic rings. The van der Waals surface area contributed by atoms with Crippen molar-refractivity contribution in [2.45, 2.75) is 23.0 Å². The number of nitrogens with zero attached hydrogens (tertiary/aromatic N) is 2. The standard InChI is InChI=1S/C21H20FN3O6S/c1-30-17-8-3-5-14(21(17)31-2)12-23-18(26)13-25-20(27)10-9-19(24-25)32(28,29)16-7-4-6-15(22)11-16/h3-11H,12-13H2,1-2H3,(H,23,26). The Hall–Kier alpha value is -3.73. The number of halogens is 1. The molecule has 32 heavy (non-hydrogen) atoms. The van der Waals surface area contributed by atoms with Crippen LogP contribution in [0.4, 0.5) is 4.39 Å². The minimum absolute atomic E-state index is 0.0786. The van der Waals surface area contributed by atoms with Crippen molar-refractivity contribution in [3.63, 3.8) is 0 Å². The molecule has 2 aromatic carbocycles. The van der Waals surface area contributed by atoms with E-state index in [2.05, 4.69) is 10.4 Å². The van der Waals surface area contributed by atoms with E-state index in [-0.39, 0.29) is 11.4 Å². The summed E-state index contributed by atoms with van der Waals surface area (Å²) in [4.78, 5) is 24.2. The lowest BCUT2D eigenvalue weighted by Crippen LogP contribution is -2.33. The maximum absolute atomic E-state index is 13.4. The molecule has 0 bridgehead atoms. The van der Waals surface area contributed by atoms with Crippen molar-refractivity contribution in [3.05, 3.63) is 76.3 Å². The van der Waals surface area contributed by atoms with Crippen LogP contribution in [0.5, 0.6) is 11.5 Å². The predicted molar refractivity (Wildman–Crippen MR) is 112 cm³/mol. The van der Waals surface area contributed by atoms with Gasteiger partial charge in [0.1, 0.15) is 12.4 Å². The number of hydrogen-bond donors (Lipinski definition) is 1. The SMILES string of the molecule is COc1cccc(CNC(=O)Cn2nc(S(=O)(=O)c3cccc(F)c3)ccc2=O)c1OC. The van der Waals surface area contributed by atoms with Crippen LogP contribution in [0.2, 0.25) is 0 Å². The second-order valence-corrected chi connectivity index (χ2v) is 8.45. The summed E-state index contributed by atoms with van der Waals surface area (Å²) in [5.74, 6) is -0.363. The monoisotopic (exact) mass is 461 g/mol. The molecule has 0 saturated carbocycles. The van der Waals surface area contributed by atoms with Crippen molar-refractivity contribution in [1.82, 2.24) is 15.1 Å². The first-order valence-electron chi connectivity index (χ1n) is 9.31. The van der Waals surface area contributed by atoms with Crippen LogP contribution in [0.25, 0.3) is 0 Å². The summed E-state index contributed by atoms with van der Waals surface area (Å²) in [6, 6.07) is 11.6. The average molecular weight is 461 g/mol. The van der Waals surface area contributed by atoms with Crippen LogP contribution >= 0.6 is 0 Å². The number of rotatable bonds is 8. The lowest BCUT2D eigenvalue weighted by atomic mass is 10.2. The Labute approximate surface area is 183 Å². The first-order valence-corrected chi connectivity index (χ1v) is 10.8. The number of sulfone groups is 1. The Kier molecular flexibility index (Phi) is 6.89. The zero-order valence-corrected chi connectivity index (χ0v) is 18.1. The van der Waals surface area contributed by atoms with Gasteiger partial charge in [-0.2, -0.15) is 5.10 Å². The molecule has 3 aromatic rings. The van der Waals surface area contributed by atoms with E-state index in [0.717, 1.165) is 28.9 Å². The minimum Gasteiger partial charge on any atom is -0.493 e. The van der Waals surface area contributed by atoms with Gasteiger partial charge in [0.2, 0.25) is 15.7 Å². The molecule has 0 unspecified atom stereocenters. The minimum atomic E-state index is -4.18. The van der Waals surface area contributed by atoms with Gasteiger partial charge in [-0.05, 0) is 30.3 Å². The maximum Gasteiger partial charge on any atom is 0.267 e. The van der Waals surface area contributed by atoms with Crippen LogP contribution in [-0.2, 0) is 27.7 Å². The molecule has 0 radical (unpaired) electrons. The van der Waals surface area contributed by atoms with Gasteiger partial charge in [0.05, 0.1) is 19.1 Å².